The molecule has 1 aliphatic rings. The molecule has 0 spiro atoms. The number of hydrogen-bond acceptors (Lipinski definition) is 7. The summed E-state index contributed by atoms with van der Waals surface area (Å²) in [6.07, 6.45) is 8.91. The number of nitrogen functional groups attached to an aromatic ring is 1. The van der Waals surface area contributed by atoms with Crippen LogP contribution in [0.2, 0.25) is 0 Å². The lowest BCUT2D eigenvalue weighted by molar-refractivity contribution is 0.261. The van der Waals surface area contributed by atoms with Crippen LogP contribution in [-0.2, 0) is 5.54 Å². The number of anilines is 2. The molecule has 8 heteroatoms. The highest BCUT2D eigenvalue weighted by Gasteiger charge is 2.31. The minimum atomic E-state index is -0.593. The van der Waals surface area contributed by atoms with Gasteiger partial charge in [-0.15, -0.1) is 0 Å². The first-order valence-corrected chi connectivity index (χ1v) is 8.90. The molecule has 3 aromatic rings. The maximum atomic E-state index is 5.76. The molecule has 136 valence electrons. The molecule has 0 bridgehead atoms. The number of aromatic nitrogens is 5. The minimum Gasteiger partial charge on any atom is -0.396 e. The van der Waals surface area contributed by atoms with E-state index in [1.807, 2.05) is 26.0 Å². The van der Waals surface area contributed by atoms with Gasteiger partial charge in [-0.25, -0.2) is 4.98 Å². The van der Waals surface area contributed by atoms with Crippen molar-refractivity contribution in [3.05, 3.63) is 36.6 Å². The molecule has 8 nitrogen and oxygen atoms in total. The van der Waals surface area contributed by atoms with Gasteiger partial charge in [-0.05, 0) is 45.2 Å². The molecule has 3 aromatic heterocycles. The number of nitrogens with zero attached hydrogens (tertiary/aromatic N) is 6. The van der Waals surface area contributed by atoms with Crippen molar-refractivity contribution in [3.8, 4) is 11.4 Å². The van der Waals surface area contributed by atoms with Gasteiger partial charge in [-0.3, -0.25) is 4.68 Å². The Morgan fingerprint density at radius 3 is 2.58 bits per heavy atom. The molecule has 0 unspecified atom stereocenters. The topological polar surface area (TPSA) is 98.9 Å². The van der Waals surface area contributed by atoms with E-state index in [1.165, 1.54) is 19.3 Å². The molecule has 0 radical (unpaired) electrons. The zero-order valence-electron chi connectivity index (χ0n) is 15.1. The number of nitrogens with two attached hydrogens (primary N) is 1. The van der Waals surface area contributed by atoms with Gasteiger partial charge < -0.3 is 15.2 Å². The van der Waals surface area contributed by atoms with Crippen LogP contribution in [0, 0.1) is 0 Å². The lowest BCUT2D eigenvalue weighted by Gasteiger charge is -2.27. The molecule has 4 rings (SSSR count). The molecule has 0 aliphatic carbocycles. The van der Waals surface area contributed by atoms with E-state index in [9.17, 15) is 0 Å². The van der Waals surface area contributed by atoms with Crippen molar-refractivity contribution < 1.29 is 4.52 Å². The number of pyridine rings is 1. The Balaban J connectivity index is 1.56. The minimum absolute atomic E-state index is 0.468. The molecular formula is C18H23N7O. The van der Waals surface area contributed by atoms with Gasteiger partial charge in [0, 0.05) is 31.0 Å². The fraction of sp³-hybridized carbons (Fsp3) is 0.444. The summed E-state index contributed by atoms with van der Waals surface area (Å²) < 4.78 is 7.21. The molecule has 0 amide bonds. The van der Waals surface area contributed by atoms with Crippen molar-refractivity contribution in [2.45, 2.75) is 38.6 Å². The summed E-state index contributed by atoms with van der Waals surface area (Å²) in [4.78, 5) is 11.4. The molecule has 4 heterocycles. The average molecular weight is 353 g/mol. The normalized spacial score (nSPS) is 15.4. The Morgan fingerprint density at radius 2 is 1.92 bits per heavy atom. The predicted octanol–water partition coefficient (Wildman–Crippen LogP) is 2.68. The molecule has 0 atom stereocenters. The van der Waals surface area contributed by atoms with E-state index in [0.717, 1.165) is 24.5 Å². The molecule has 1 aliphatic heterocycles. The van der Waals surface area contributed by atoms with Crippen molar-refractivity contribution in [2.75, 3.05) is 23.7 Å². The third-order valence-electron chi connectivity index (χ3n) is 4.81. The maximum Gasteiger partial charge on any atom is 0.254 e. The van der Waals surface area contributed by atoms with E-state index in [2.05, 4.69) is 25.1 Å². The number of rotatable bonds is 4. The summed E-state index contributed by atoms with van der Waals surface area (Å²) in [5.41, 5.74) is 6.59. The number of hydrogen-bond donors (Lipinski definition) is 1. The SMILES string of the molecule is CC(C)(c1nc(-c2ccc(N3CCCCC3)nc2)no1)n1cc(N)cn1. The van der Waals surface area contributed by atoms with E-state index in [0.29, 0.717) is 17.4 Å². The lowest BCUT2D eigenvalue weighted by atomic mass is 10.1. The molecule has 0 saturated carbocycles. The molecule has 1 fully saturated rings. The Labute approximate surface area is 152 Å². The van der Waals surface area contributed by atoms with Crippen LogP contribution in [0.4, 0.5) is 11.5 Å². The smallest absolute Gasteiger partial charge is 0.254 e. The van der Waals surface area contributed by atoms with E-state index >= 15 is 0 Å². The monoisotopic (exact) mass is 353 g/mol. The van der Waals surface area contributed by atoms with Gasteiger partial charge in [0.05, 0.1) is 11.9 Å². The zero-order valence-corrected chi connectivity index (χ0v) is 15.1. The molecule has 26 heavy (non-hydrogen) atoms. The van der Waals surface area contributed by atoms with Crippen molar-refractivity contribution in [2.24, 2.45) is 0 Å². The molecule has 0 aromatic carbocycles. The second-order valence-corrected chi connectivity index (χ2v) is 7.15. The molecule has 2 N–H and O–H groups in total. The first kappa shape index (κ1) is 16.6. The van der Waals surface area contributed by atoms with Crippen LogP contribution in [0.15, 0.2) is 35.2 Å². The Bertz CT molecular complexity index is 875. The third-order valence-corrected chi connectivity index (χ3v) is 4.81. The van der Waals surface area contributed by atoms with Crippen LogP contribution in [0.3, 0.4) is 0 Å². The van der Waals surface area contributed by atoms with E-state index in [4.69, 9.17) is 10.3 Å². The van der Waals surface area contributed by atoms with Crippen molar-refractivity contribution in [1.29, 1.82) is 0 Å². The van der Waals surface area contributed by atoms with Gasteiger partial charge in [0.15, 0.2) is 0 Å². The predicted molar refractivity (Wildman–Crippen MR) is 98.7 cm³/mol. The van der Waals surface area contributed by atoms with Gasteiger partial charge in [0.2, 0.25) is 5.82 Å². The van der Waals surface area contributed by atoms with Crippen LogP contribution in [0.25, 0.3) is 11.4 Å². The lowest BCUT2D eigenvalue weighted by Crippen LogP contribution is -2.30. The van der Waals surface area contributed by atoms with E-state index < -0.39 is 5.54 Å². The maximum absolute atomic E-state index is 5.76. The summed E-state index contributed by atoms with van der Waals surface area (Å²) in [6.45, 7) is 6.04. The van der Waals surface area contributed by atoms with Gasteiger partial charge >= 0.3 is 0 Å². The van der Waals surface area contributed by atoms with Gasteiger partial charge in [-0.2, -0.15) is 10.1 Å². The summed E-state index contributed by atoms with van der Waals surface area (Å²) in [7, 11) is 0. The Hall–Kier alpha value is -2.90. The summed E-state index contributed by atoms with van der Waals surface area (Å²) in [6, 6.07) is 4.01. The standard InChI is InChI=1S/C18H23N7O/c1-18(2,25-12-14(19)11-21-25)17-22-16(23-26-17)13-6-7-15(20-10-13)24-8-4-3-5-9-24/h6-7,10-12H,3-5,8-9,19H2,1-2H3. The van der Waals surface area contributed by atoms with Crippen LogP contribution in [0.5, 0.6) is 0 Å². The van der Waals surface area contributed by atoms with Crippen molar-refractivity contribution in [1.82, 2.24) is 24.9 Å². The Kier molecular flexibility index (Phi) is 4.10. The van der Waals surface area contributed by atoms with Gasteiger partial charge in [0.1, 0.15) is 11.4 Å². The van der Waals surface area contributed by atoms with Crippen LogP contribution in [0.1, 0.15) is 39.0 Å². The fourth-order valence-corrected chi connectivity index (χ4v) is 3.16. The highest BCUT2D eigenvalue weighted by molar-refractivity contribution is 5.56. The highest BCUT2D eigenvalue weighted by Crippen LogP contribution is 2.27. The fourth-order valence-electron chi connectivity index (χ4n) is 3.16. The molecule has 1 saturated heterocycles. The van der Waals surface area contributed by atoms with Gasteiger partial charge in [0.25, 0.3) is 5.89 Å². The third kappa shape index (κ3) is 3.02. The Morgan fingerprint density at radius 1 is 1.12 bits per heavy atom. The molecular weight excluding hydrogens is 330 g/mol. The first-order chi connectivity index (χ1) is 12.5. The summed E-state index contributed by atoms with van der Waals surface area (Å²) >= 11 is 0. The van der Waals surface area contributed by atoms with Crippen LogP contribution >= 0.6 is 0 Å². The quantitative estimate of drug-likeness (QED) is 0.770. The second-order valence-electron chi connectivity index (χ2n) is 7.15. The van der Waals surface area contributed by atoms with E-state index in [1.54, 1.807) is 23.3 Å². The van der Waals surface area contributed by atoms with Gasteiger partial charge in [-0.1, -0.05) is 5.16 Å². The van der Waals surface area contributed by atoms with Crippen LogP contribution < -0.4 is 10.6 Å². The number of piperidine rings is 1. The first-order valence-electron chi connectivity index (χ1n) is 8.90. The largest absolute Gasteiger partial charge is 0.396 e. The van der Waals surface area contributed by atoms with Crippen molar-refractivity contribution in [3.63, 3.8) is 0 Å². The highest BCUT2D eigenvalue weighted by atomic mass is 16.5. The van der Waals surface area contributed by atoms with Crippen molar-refractivity contribution >= 4 is 11.5 Å². The summed E-state index contributed by atoms with van der Waals surface area (Å²) in [5, 5.41) is 8.37. The second kappa shape index (κ2) is 6.44. The average Bonchev–Trinajstić information content (AvgIpc) is 3.33. The van der Waals surface area contributed by atoms with Crippen LogP contribution in [-0.4, -0.2) is 38.0 Å². The summed E-state index contributed by atoms with van der Waals surface area (Å²) in [5.74, 6) is 1.99. The zero-order chi connectivity index (χ0) is 18.1. The van der Waals surface area contributed by atoms with E-state index in [-0.39, 0.29) is 0 Å².